The van der Waals surface area contributed by atoms with Crippen LogP contribution in [0.15, 0.2) is 48.0 Å². The first-order valence-corrected chi connectivity index (χ1v) is 8.65. The van der Waals surface area contributed by atoms with Gasteiger partial charge in [-0.25, -0.2) is 4.98 Å². The highest BCUT2D eigenvalue weighted by Gasteiger charge is 2.09. The molecule has 1 aromatic carbocycles. The highest BCUT2D eigenvalue weighted by atomic mass is 15.3. The van der Waals surface area contributed by atoms with Gasteiger partial charge in [0.2, 0.25) is 0 Å². The molecule has 2 aromatic rings. The molecule has 0 saturated carbocycles. The number of unbranched alkanes of at least 4 members (excludes halogenated alkanes) is 1. The van der Waals surface area contributed by atoms with Crippen LogP contribution in [0.3, 0.4) is 0 Å². The second-order valence-electron chi connectivity index (χ2n) is 6.30. The molecule has 0 atom stereocenters. The van der Waals surface area contributed by atoms with Gasteiger partial charge in [0.25, 0.3) is 0 Å². The number of hydrogen-bond donors (Lipinski definition) is 1. The van der Waals surface area contributed by atoms with Crippen LogP contribution in [0.2, 0.25) is 0 Å². The fourth-order valence-electron chi connectivity index (χ4n) is 2.75. The van der Waals surface area contributed by atoms with Crippen molar-refractivity contribution in [2.75, 3.05) is 39.6 Å². The predicted molar refractivity (Wildman–Crippen MR) is 108 cm³/mol. The van der Waals surface area contributed by atoms with Gasteiger partial charge >= 0.3 is 0 Å². The first-order chi connectivity index (χ1) is 12.1. The SMILES string of the molecule is C=CCCCN(C)C(=NC)NCc1cc(N(C)C)nc2ccccc12. The van der Waals surface area contributed by atoms with Crippen LogP contribution in [0.25, 0.3) is 10.9 Å². The van der Waals surface area contributed by atoms with Gasteiger partial charge in [-0.2, -0.15) is 0 Å². The molecule has 5 heteroatoms. The number of anilines is 1. The Labute approximate surface area is 151 Å². The topological polar surface area (TPSA) is 43.8 Å². The van der Waals surface area contributed by atoms with Crippen molar-refractivity contribution < 1.29 is 0 Å². The maximum atomic E-state index is 4.72. The van der Waals surface area contributed by atoms with E-state index in [0.29, 0.717) is 6.54 Å². The van der Waals surface area contributed by atoms with E-state index in [4.69, 9.17) is 4.98 Å². The predicted octanol–water partition coefficient (Wildman–Crippen LogP) is 3.27. The van der Waals surface area contributed by atoms with Gasteiger partial charge in [0, 0.05) is 46.7 Å². The molecule has 0 unspecified atom stereocenters. The monoisotopic (exact) mass is 339 g/mol. The molecule has 0 fully saturated rings. The molecule has 0 spiro atoms. The van der Waals surface area contributed by atoms with E-state index in [1.54, 1.807) is 0 Å². The minimum atomic E-state index is 0.711. The summed E-state index contributed by atoms with van der Waals surface area (Å²) in [6, 6.07) is 10.4. The van der Waals surface area contributed by atoms with Crippen molar-refractivity contribution in [2.45, 2.75) is 19.4 Å². The third-order valence-electron chi connectivity index (χ3n) is 4.16. The summed E-state index contributed by atoms with van der Waals surface area (Å²) < 4.78 is 0. The van der Waals surface area contributed by atoms with E-state index in [9.17, 15) is 0 Å². The van der Waals surface area contributed by atoms with Gasteiger partial charge in [-0.3, -0.25) is 4.99 Å². The minimum absolute atomic E-state index is 0.711. The Morgan fingerprint density at radius 1 is 1.28 bits per heavy atom. The van der Waals surface area contributed by atoms with Gasteiger partial charge < -0.3 is 15.1 Å². The fourth-order valence-corrected chi connectivity index (χ4v) is 2.75. The number of fused-ring (bicyclic) bond motifs is 1. The van der Waals surface area contributed by atoms with Crippen LogP contribution in [0, 0.1) is 0 Å². The maximum Gasteiger partial charge on any atom is 0.193 e. The number of nitrogens with one attached hydrogen (secondary N) is 1. The van der Waals surface area contributed by atoms with E-state index < -0.39 is 0 Å². The van der Waals surface area contributed by atoms with E-state index in [2.05, 4.69) is 53.1 Å². The summed E-state index contributed by atoms with van der Waals surface area (Å²) in [4.78, 5) is 13.3. The van der Waals surface area contributed by atoms with E-state index in [0.717, 1.165) is 36.7 Å². The van der Waals surface area contributed by atoms with E-state index >= 15 is 0 Å². The van der Waals surface area contributed by atoms with Crippen molar-refractivity contribution in [3.63, 3.8) is 0 Å². The smallest absolute Gasteiger partial charge is 0.193 e. The van der Waals surface area contributed by atoms with Crippen molar-refractivity contribution in [1.82, 2.24) is 15.2 Å². The molecule has 0 aliphatic rings. The molecule has 0 aliphatic heterocycles. The summed E-state index contributed by atoms with van der Waals surface area (Å²) in [5, 5.41) is 4.65. The molecule has 2 rings (SSSR count). The summed E-state index contributed by atoms with van der Waals surface area (Å²) in [6.07, 6.45) is 4.04. The number of nitrogens with zero attached hydrogens (tertiary/aromatic N) is 4. The van der Waals surface area contributed by atoms with Gasteiger partial charge in [0.1, 0.15) is 5.82 Å². The number of pyridine rings is 1. The lowest BCUT2D eigenvalue weighted by Crippen LogP contribution is -2.39. The summed E-state index contributed by atoms with van der Waals surface area (Å²) in [6.45, 7) is 5.44. The first-order valence-electron chi connectivity index (χ1n) is 8.65. The standard InChI is InChI=1S/C20H29N5/c1-6-7-10-13-25(5)20(21-2)22-15-16-14-19(24(3)4)23-18-12-9-8-11-17(16)18/h6,8-9,11-12,14H,1,7,10,13,15H2,2-5H3,(H,21,22). The average molecular weight is 339 g/mol. The Morgan fingerprint density at radius 2 is 2.04 bits per heavy atom. The third-order valence-corrected chi connectivity index (χ3v) is 4.16. The zero-order chi connectivity index (χ0) is 18.2. The Morgan fingerprint density at radius 3 is 2.72 bits per heavy atom. The Kier molecular flexibility index (Phi) is 6.81. The van der Waals surface area contributed by atoms with Crippen LogP contribution in [0.4, 0.5) is 5.82 Å². The summed E-state index contributed by atoms with van der Waals surface area (Å²) >= 11 is 0. The van der Waals surface area contributed by atoms with E-state index in [1.807, 2.05) is 38.2 Å². The molecule has 1 heterocycles. The van der Waals surface area contributed by atoms with Crippen LogP contribution >= 0.6 is 0 Å². The lowest BCUT2D eigenvalue weighted by Gasteiger charge is -2.22. The van der Waals surface area contributed by atoms with Crippen LogP contribution in [-0.2, 0) is 6.54 Å². The summed E-state index contributed by atoms with van der Waals surface area (Å²) in [7, 11) is 7.91. The highest BCUT2D eigenvalue weighted by Crippen LogP contribution is 2.22. The molecule has 0 bridgehead atoms. The molecular formula is C20H29N5. The molecule has 0 amide bonds. The number of allylic oxidation sites excluding steroid dienone is 1. The molecule has 0 saturated heterocycles. The van der Waals surface area contributed by atoms with Crippen LogP contribution in [0.1, 0.15) is 18.4 Å². The zero-order valence-corrected chi connectivity index (χ0v) is 15.8. The van der Waals surface area contributed by atoms with Crippen molar-refractivity contribution in [3.8, 4) is 0 Å². The minimum Gasteiger partial charge on any atom is -0.363 e. The number of guanidine groups is 1. The van der Waals surface area contributed by atoms with Gasteiger partial charge in [-0.1, -0.05) is 24.3 Å². The number of para-hydroxylation sites is 1. The number of hydrogen-bond acceptors (Lipinski definition) is 3. The van der Waals surface area contributed by atoms with Gasteiger partial charge in [0.15, 0.2) is 5.96 Å². The zero-order valence-electron chi connectivity index (χ0n) is 15.8. The van der Waals surface area contributed by atoms with Gasteiger partial charge in [-0.05, 0) is 30.5 Å². The Bertz CT molecular complexity index is 736. The number of aliphatic imine (C=N–C) groups is 1. The third kappa shape index (κ3) is 4.95. The average Bonchev–Trinajstić information content (AvgIpc) is 2.62. The van der Waals surface area contributed by atoms with E-state index in [1.165, 1.54) is 10.9 Å². The van der Waals surface area contributed by atoms with Gasteiger partial charge in [0.05, 0.1) is 5.52 Å². The van der Waals surface area contributed by atoms with Gasteiger partial charge in [-0.15, -0.1) is 6.58 Å². The molecule has 25 heavy (non-hydrogen) atoms. The van der Waals surface area contributed by atoms with Crippen molar-refractivity contribution in [2.24, 2.45) is 4.99 Å². The summed E-state index contributed by atoms with van der Waals surface area (Å²) in [5.74, 6) is 1.86. The molecule has 134 valence electrons. The number of aromatic nitrogens is 1. The Hall–Kier alpha value is -2.56. The lowest BCUT2D eigenvalue weighted by atomic mass is 10.1. The Balaban J connectivity index is 2.17. The quantitative estimate of drug-likeness (QED) is 0.364. The first kappa shape index (κ1) is 18.8. The van der Waals surface area contributed by atoms with Crippen LogP contribution < -0.4 is 10.2 Å². The molecule has 0 radical (unpaired) electrons. The van der Waals surface area contributed by atoms with Crippen LogP contribution in [0.5, 0.6) is 0 Å². The largest absolute Gasteiger partial charge is 0.363 e. The molecule has 0 aliphatic carbocycles. The molecule has 1 N–H and O–H groups in total. The van der Waals surface area contributed by atoms with E-state index in [-0.39, 0.29) is 0 Å². The molecular weight excluding hydrogens is 310 g/mol. The molecule has 1 aromatic heterocycles. The molecule has 5 nitrogen and oxygen atoms in total. The normalized spacial score (nSPS) is 11.4. The lowest BCUT2D eigenvalue weighted by molar-refractivity contribution is 0.470. The van der Waals surface area contributed by atoms with Crippen molar-refractivity contribution >= 4 is 22.7 Å². The van der Waals surface area contributed by atoms with Crippen LogP contribution in [-0.4, -0.2) is 50.6 Å². The maximum absolute atomic E-state index is 4.72. The number of benzene rings is 1. The number of rotatable bonds is 7. The summed E-state index contributed by atoms with van der Waals surface area (Å²) in [5.41, 5.74) is 2.23. The van der Waals surface area contributed by atoms with Crippen molar-refractivity contribution in [3.05, 3.63) is 48.6 Å². The fraction of sp³-hybridized carbons (Fsp3) is 0.400. The van der Waals surface area contributed by atoms with Crippen molar-refractivity contribution in [1.29, 1.82) is 0 Å². The highest BCUT2D eigenvalue weighted by molar-refractivity contribution is 5.85. The second-order valence-corrected chi connectivity index (χ2v) is 6.30. The second kappa shape index (κ2) is 9.06.